The van der Waals surface area contributed by atoms with Crippen LogP contribution in [0.5, 0.6) is 0 Å². The van der Waals surface area contributed by atoms with Gasteiger partial charge in [-0.05, 0) is 18.9 Å². The fraction of sp³-hybridized carbons (Fsp3) is 0.636. The maximum atomic E-state index is 14.3. The lowest BCUT2D eigenvalue weighted by atomic mass is 9.69. The summed E-state index contributed by atoms with van der Waals surface area (Å²) in [4.78, 5) is 15.0. The van der Waals surface area contributed by atoms with E-state index in [1.165, 1.54) is 19.4 Å². The van der Waals surface area contributed by atoms with E-state index in [9.17, 15) is 14.3 Å². The summed E-state index contributed by atoms with van der Waals surface area (Å²) in [5, 5.41) is 9.30. The van der Waals surface area contributed by atoms with Crippen molar-refractivity contribution in [3.05, 3.63) is 22.7 Å². The second-order valence-electron chi connectivity index (χ2n) is 4.49. The number of nitrogen functional groups attached to an aromatic ring is 1. The Kier molecular flexibility index (Phi) is 3.36. The third-order valence-electron chi connectivity index (χ3n) is 3.68. The molecular weight excluding hydrogens is 241 g/mol. The van der Waals surface area contributed by atoms with Gasteiger partial charge in [0.15, 0.2) is 6.30 Å². The zero-order chi connectivity index (χ0) is 13.3. The second kappa shape index (κ2) is 4.66. The largest absolute Gasteiger partial charge is 0.393 e. The first-order valence-corrected chi connectivity index (χ1v) is 5.69. The number of halogens is 1. The number of methoxy groups -OCH3 is 1. The molecule has 6 nitrogen and oxygen atoms in total. The molecule has 18 heavy (non-hydrogen) atoms. The van der Waals surface area contributed by atoms with Gasteiger partial charge in [0.25, 0.3) is 0 Å². The molecule has 1 aliphatic rings. The SMILES string of the molecule is CO[C@@]1(CO)CC[C@H]1[C@@H](F)n1ccc(N)nc1=O. The Morgan fingerprint density at radius 3 is 3.00 bits per heavy atom. The zero-order valence-corrected chi connectivity index (χ0v) is 10.0. The zero-order valence-electron chi connectivity index (χ0n) is 10.0. The first-order valence-electron chi connectivity index (χ1n) is 5.69. The number of aliphatic hydroxyl groups is 1. The summed E-state index contributed by atoms with van der Waals surface area (Å²) >= 11 is 0. The van der Waals surface area contributed by atoms with Crippen molar-refractivity contribution in [2.24, 2.45) is 5.92 Å². The van der Waals surface area contributed by atoms with Gasteiger partial charge in [-0.2, -0.15) is 4.98 Å². The Morgan fingerprint density at radius 2 is 2.56 bits per heavy atom. The molecule has 0 unspecified atom stereocenters. The van der Waals surface area contributed by atoms with Crippen molar-refractivity contribution in [2.45, 2.75) is 24.7 Å². The molecular formula is C11H16FN3O3. The third kappa shape index (κ3) is 1.89. The van der Waals surface area contributed by atoms with Crippen LogP contribution in [-0.2, 0) is 4.74 Å². The van der Waals surface area contributed by atoms with Gasteiger partial charge in [-0.3, -0.25) is 4.57 Å². The van der Waals surface area contributed by atoms with Gasteiger partial charge >= 0.3 is 5.69 Å². The Hall–Kier alpha value is -1.47. The smallest absolute Gasteiger partial charge is 0.351 e. The lowest BCUT2D eigenvalue weighted by Crippen LogP contribution is -2.55. The highest BCUT2D eigenvalue weighted by Gasteiger charge is 2.51. The number of hydrogen-bond acceptors (Lipinski definition) is 5. The summed E-state index contributed by atoms with van der Waals surface area (Å²) < 4.78 is 20.4. The summed E-state index contributed by atoms with van der Waals surface area (Å²) in [7, 11) is 1.43. The highest BCUT2D eigenvalue weighted by atomic mass is 19.1. The average molecular weight is 257 g/mol. The molecule has 100 valence electrons. The van der Waals surface area contributed by atoms with E-state index in [-0.39, 0.29) is 12.4 Å². The monoisotopic (exact) mass is 257 g/mol. The van der Waals surface area contributed by atoms with E-state index in [1.807, 2.05) is 0 Å². The molecule has 1 saturated carbocycles. The Bertz CT molecular complexity index is 481. The van der Waals surface area contributed by atoms with E-state index in [0.717, 1.165) is 4.57 Å². The molecule has 0 amide bonds. The van der Waals surface area contributed by atoms with E-state index in [4.69, 9.17) is 10.5 Å². The van der Waals surface area contributed by atoms with Crippen LogP contribution in [0.25, 0.3) is 0 Å². The molecule has 0 spiro atoms. The van der Waals surface area contributed by atoms with E-state index in [2.05, 4.69) is 4.98 Å². The highest BCUT2D eigenvalue weighted by Crippen LogP contribution is 2.47. The van der Waals surface area contributed by atoms with Crippen LogP contribution in [-0.4, -0.2) is 34.0 Å². The van der Waals surface area contributed by atoms with Gasteiger partial charge in [-0.15, -0.1) is 0 Å². The summed E-state index contributed by atoms with van der Waals surface area (Å²) in [5.74, 6) is -0.507. The predicted octanol–water partition coefficient (Wildman–Crippen LogP) is 0.0811. The fourth-order valence-corrected chi connectivity index (χ4v) is 2.34. The van der Waals surface area contributed by atoms with Gasteiger partial charge in [0.2, 0.25) is 0 Å². The highest BCUT2D eigenvalue weighted by molar-refractivity contribution is 5.23. The van der Waals surface area contributed by atoms with Crippen LogP contribution >= 0.6 is 0 Å². The molecule has 1 aliphatic carbocycles. The average Bonchev–Trinajstić information content (AvgIpc) is 2.29. The third-order valence-corrected chi connectivity index (χ3v) is 3.68. The van der Waals surface area contributed by atoms with Crippen molar-refractivity contribution in [3.63, 3.8) is 0 Å². The quantitative estimate of drug-likeness (QED) is 0.797. The van der Waals surface area contributed by atoms with Crippen LogP contribution in [0, 0.1) is 5.92 Å². The van der Waals surface area contributed by atoms with Crippen LogP contribution in [0.15, 0.2) is 17.1 Å². The van der Waals surface area contributed by atoms with E-state index >= 15 is 0 Å². The molecule has 0 radical (unpaired) electrons. The van der Waals surface area contributed by atoms with Crippen LogP contribution in [0.1, 0.15) is 19.1 Å². The van der Waals surface area contributed by atoms with Crippen molar-refractivity contribution in [1.82, 2.24) is 9.55 Å². The lowest BCUT2D eigenvalue weighted by molar-refractivity contribution is -0.183. The predicted molar refractivity (Wildman–Crippen MR) is 62.6 cm³/mol. The molecule has 0 bridgehead atoms. The fourth-order valence-electron chi connectivity index (χ4n) is 2.34. The molecule has 1 fully saturated rings. The van der Waals surface area contributed by atoms with Crippen molar-refractivity contribution in [2.75, 3.05) is 19.5 Å². The number of rotatable bonds is 4. The number of hydrogen-bond donors (Lipinski definition) is 2. The molecule has 1 aromatic rings. The summed E-state index contributed by atoms with van der Waals surface area (Å²) in [6.45, 7) is -0.272. The Balaban J connectivity index is 2.27. The van der Waals surface area contributed by atoms with Crippen molar-refractivity contribution in [3.8, 4) is 0 Å². The first kappa shape index (κ1) is 13.0. The molecule has 2 rings (SSSR count). The van der Waals surface area contributed by atoms with Gasteiger partial charge in [0.05, 0.1) is 12.2 Å². The minimum atomic E-state index is -1.58. The molecule has 3 N–H and O–H groups in total. The lowest BCUT2D eigenvalue weighted by Gasteiger charge is -2.48. The van der Waals surface area contributed by atoms with E-state index < -0.39 is 23.5 Å². The molecule has 0 aliphatic heterocycles. The van der Waals surface area contributed by atoms with E-state index in [0.29, 0.717) is 12.8 Å². The van der Waals surface area contributed by atoms with Gasteiger partial charge in [-0.25, -0.2) is 9.18 Å². The van der Waals surface area contributed by atoms with Crippen molar-refractivity contribution in [1.29, 1.82) is 0 Å². The van der Waals surface area contributed by atoms with Gasteiger partial charge in [-0.1, -0.05) is 0 Å². The van der Waals surface area contributed by atoms with Crippen molar-refractivity contribution < 1.29 is 14.2 Å². The standard InChI is InChI=1S/C11H16FN3O3/c1-18-11(6-16)4-2-7(11)9(12)15-5-3-8(13)14-10(15)17/h3,5,7,9,16H,2,4,6H2,1H3,(H2,13,14,17)/t7-,9-,11+/m0/s1. The molecule has 0 saturated heterocycles. The van der Waals surface area contributed by atoms with Gasteiger partial charge in [0.1, 0.15) is 5.82 Å². The summed E-state index contributed by atoms with van der Waals surface area (Å²) in [5.41, 5.74) is 3.70. The van der Waals surface area contributed by atoms with Crippen LogP contribution in [0.4, 0.5) is 10.2 Å². The van der Waals surface area contributed by atoms with Crippen LogP contribution in [0.3, 0.4) is 0 Å². The van der Waals surface area contributed by atoms with Crippen LogP contribution in [0.2, 0.25) is 0 Å². The van der Waals surface area contributed by atoms with Gasteiger partial charge < -0.3 is 15.6 Å². The number of nitrogens with zero attached hydrogens (tertiary/aromatic N) is 2. The van der Waals surface area contributed by atoms with Crippen LogP contribution < -0.4 is 11.4 Å². The first-order chi connectivity index (χ1) is 8.54. The Morgan fingerprint density at radius 1 is 1.83 bits per heavy atom. The Labute approximate surface area is 103 Å². The number of aromatic nitrogens is 2. The summed E-state index contributed by atoms with van der Waals surface area (Å²) in [6.07, 6.45) is 0.812. The topological polar surface area (TPSA) is 90.4 Å². The second-order valence-corrected chi connectivity index (χ2v) is 4.49. The molecule has 0 aromatic carbocycles. The number of ether oxygens (including phenoxy) is 1. The van der Waals surface area contributed by atoms with E-state index in [1.54, 1.807) is 0 Å². The number of aliphatic hydroxyl groups excluding tert-OH is 1. The number of anilines is 1. The maximum Gasteiger partial charge on any atom is 0.351 e. The minimum absolute atomic E-state index is 0.0530. The van der Waals surface area contributed by atoms with Gasteiger partial charge in [0, 0.05) is 19.2 Å². The molecule has 7 heteroatoms. The summed E-state index contributed by atoms with van der Waals surface area (Å²) in [6, 6.07) is 1.36. The molecule has 3 atom stereocenters. The normalized spacial score (nSPS) is 28.7. The molecule has 1 aromatic heterocycles. The number of nitrogens with two attached hydrogens (primary N) is 1. The molecule has 1 heterocycles. The number of alkyl halides is 1. The minimum Gasteiger partial charge on any atom is -0.393 e. The maximum absolute atomic E-state index is 14.3. The van der Waals surface area contributed by atoms with Crippen molar-refractivity contribution >= 4 is 5.82 Å².